The van der Waals surface area contributed by atoms with Gasteiger partial charge in [-0.05, 0) is 31.2 Å². The largest absolute Gasteiger partial charge is 0.391 e. The van der Waals surface area contributed by atoms with E-state index < -0.39 is 0 Å². The van der Waals surface area contributed by atoms with Crippen molar-refractivity contribution in [2.24, 2.45) is 0 Å². The molecule has 2 aromatic rings. The highest BCUT2D eigenvalue weighted by atomic mass is 32.2. The van der Waals surface area contributed by atoms with E-state index in [1.807, 2.05) is 18.2 Å². The Morgan fingerprint density at radius 2 is 1.84 bits per heavy atom. The van der Waals surface area contributed by atoms with Crippen LogP contribution in [0.2, 0.25) is 0 Å². The Kier molecular flexibility index (Phi) is 6.34. The van der Waals surface area contributed by atoms with E-state index in [1.165, 1.54) is 16.5 Å². The van der Waals surface area contributed by atoms with Crippen LogP contribution in [0.1, 0.15) is 5.56 Å². The van der Waals surface area contributed by atoms with Crippen LogP contribution >= 0.6 is 11.8 Å². The van der Waals surface area contributed by atoms with Crippen molar-refractivity contribution in [3.8, 4) is 0 Å². The van der Waals surface area contributed by atoms with Gasteiger partial charge in [0.25, 0.3) is 0 Å². The number of anilines is 1. The first-order chi connectivity index (χ1) is 12.1. The van der Waals surface area contributed by atoms with E-state index in [9.17, 15) is 9.50 Å². The fourth-order valence-corrected chi connectivity index (χ4v) is 4.06. The molecule has 0 unspecified atom stereocenters. The van der Waals surface area contributed by atoms with Crippen LogP contribution in [0, 0.1) is 12.7 Å². The first-order valence-electron chi connectivity index (χ1n) is 8.71. The molecule has 1 fully saturated rings. The van der Waals surface area contributed by atoms with Crippen LogP contribution in [0.4, 0.5) is 10.1 Å². The van der Waals surface area contributed by atoms with Crippen molar-refractivity contribution in [2.75, 3.05) is 43.4 Å². The third-order valence-corrected chi connectivity index (χ3v) is 5.61. The smallest absolute Gasteiger partial charge is 0.146 e. The molecule has 0 aromatic heterocycles. The maximum atomic E-state index is 13.9. The molecule has 2 aromatic carbocycles. The number of β-amino-alcohol motifs (C(OH)–C–C–N with tert-alkyl or cyclic N) is 1. The minimum absolute atomic E-state index is 0.162. The van der Waals surface area contributed by atoms with E-state index in [0.29, 0.717) is 18.0 Å². The summed E-state index contributed by atoms with van der Waals surface area (Å²) in [7, 11) is 0. The average molecular weight is 360 g/mol. The second-order valence-corrected chi connectivity index (χ2v) is 7.61. The van der Waals surface area contributed by atoms with Gasteiger partial charge in [-0.1, -0.05) is 29.8 Å². The zero-order valence-electron chi connectivity index (χ0n) is 14.6. The predicted octanol–water partition coefficient (Wildman–Crippen LogP) is 3.41. The van der Waals surface area contributed by atoms with Gasteiger partial charge in [0.2, 0.25) is 0 Å². The van der Waals surface area contributed by atoms with Crippen LogP contribution in [0.25, 0.3) is 0 Å². The Hall–Kier alpha value is -1.56. The Bertz CT molecular complexity index is 689. The summed E-state index contributed by atoms with van der Waals surface area (Å²) in [5.41, 5.74) is 1.92. The first kappa shape index (κ1) is 18.2. The number of aryl methyl sites for hydroxylation is 1. The summed E-state index contributed by atoms with van der Waals surface area (Å²) in [4.78, 5) is 5.54. The second kappa shape index (κ2) is 8.70. The summed E-state index contributed by atoms with van der Waals surface area (Å²) in [6.45, 7) is 6.03. The Morgan fingerprint density at radius 1 is 1.08 bits per heavy atom. The molecule has 0 bridgehead atoms. The highest BCUT2D eigenvalue weighted by Gasteiger charge is 2.21. The van der Waals surface area contributed by atoms with Crippen LogP contribution in [0.3, 0.4) is 0 Å². The first-order valence-corrected chi connectivity index (χ1v) is 9.70. The highest BCUT2D eigenvalue weighted by molar-refractivity contribution is 7.99. The lowest BCUT2D eigenvalue weighted by Gasteiger charge is -2.37. The Balaban J connectivity index is 1.43. The quantitative estimate of drug-likeness (QED) is 0.799. The number of rotatable bonds is 6. The molecule has 1 atom stereocenters. The summed E-state index contributed by atoms with van der Waals surface area (Å²) in [6, 6.07) is 15.3. The lowest BCUT2D eigenvalue weighted by atomic mass is 10.2. The molecule has 0 saturated carbocycles. The molecular formula is C20H25FN2OS. The lowest BCUT2D eigenvalue weighted by Crippen LogP contribution is -2.49. The van der Waals surface area contributed by atoms with Crippen molar-refractivity contribution in [1.29, 1.82) is 0 Å². The maximum Gasteiger partial charge on any atom is 0.146 e. The molecule has 0 aliphatic carbocycles. The summed E-state index contributed by atoms with van der Waals surface area (Å²) < 4.78 is 13.9. The molecule has 0 spiro atoms. The summed E-state index contributed by atoms with van der Waals surface area (Å²) >= 11 is 1.69. The Labute approximate surface area is 153 Å². The minimum atomic E-state index is -0.356. The van der Waals surface area contributed by atoms with E-state index >= 15 is 0 Å². The standard InChI is InChI=1S/C20H25FN2OS/c1-16-5-4-6-18(13-16)25-15-17(24)14-22-9-11-23(12-10-22)20-8-3-2-7-19(20)21/h2-8,13,17,24H,9-12,14-15H2,1H3/t17-/m1/s1. The molecular weight excluding hydrogens is 335 g/mol. The van der Waals surface area contributed by atoms with Gasteiger partial charge in [0.05, 0.1) is 11.8 Å². The molecule has 134 valence electrons. The highest BCUT2D eigenvalue weighted by Crippen LogP contribution is 2.22. The lowest BCUT2D eigenvalue weighted by molar-refractivity contribution is 0.126. The number of aliphatic hydroxyl groups excluding tert-OH is 1. The van der Waals surface area contributed by atoms with Crippen LogP contribution in [0.15, 0.2) is 53.4 Å². The fraction of sp³-hybridized carbons (Fsp3) is 0.400. The van der Waals surface area contributed by atoms with Gasteiger partial charge in [-0.25, -0.2) is 4.39 Å². The summed E-state index contributed by atoms with van der Waals surface area (Å²) in [5.74, 6) is 0.530. The monoisotopic (exact) mass is 360 g/mol. The van der Waals surface area contributed by atoms with Crippen molar-refractivity contribution in [3.05, 3.63) is 59.9 Å². The van der Waals surface area contributed by atoms with Gasteiger partial charge in [0.1, 0.15) is 5.82 Å². The number of benzene rings is 2. The predicted molar refractivity (Wildman–Crippen MR) is 103 cm³/mol. The molecule has 3 nitrogen and oxygen atoms in total. The molecule has 1 aliphatic rings. The third kappa shape index (κ3) is 5.21. The average Bonchev–Trinajstić information content (AvgIpc) is 2.61. The molecule has 25 heavy (non-hydrogen) atoms. The van der Waals surface area contributed by atoms with Gasteiger partial charge < -0.3 is 10.0 Å². The molecule has 1 aliphatic heterocycles. The fourth-order valence-electron chi connectivity index (χ4n) is 3.13. The van der Waals surface area contributed by atoms with Gasteiger partial charge in [-0.2, -0.15) is 0 Å². The van der Waals surface area contributed by atoms with Gasteiger partial charge in [0.15, 0.2) is 0 Å². The number of hydrogen-bond acceptors (Lipinski definition) is 4. The number of piperazine rings is 1. The van der Waals surface area contributed by atoms with Gasteiger partial charge in [-0.15, -0.1) is 11.8 Å². The maximum absolute atomic E-state index is 13.9. The normalized spacial score (nSPS) is 16.8. The van der Waals surface area contributed by atoms with Crippen molar-refractivity contribution >= 4 is 17.4 Å². The van der Waals surface area contributed by atoms with Gasteiger partial charge >= 0.3 is 0 Å². The van der Waals surface area contributed by atoms with Crippen LogP contribution in [-0.4, -0.2) is 54.6 Å². The molecule has 3 rings (SSSR count). The molecule has 0 radical (unpaired) electrons. The van der Waals surface area contributed by atoms with Crippen LogP contribution in [0.5, 0.6) is 0 Å². The number of halogens is 1. The zero-order chi connectivity index (χ0) is 17.6. The van der Waals surface area contributed by atoms with E-state index in [0.717, 1.165) is 26.2 Å². The van der Waals surface area contributed by atoms with Gasteiger partial charge in [0, 0.05) is 43.4 Å². The molecule has 1 heterocycles. The molecule has 1 N–H and O–H groups in total. The van der Waals surface area contributed by atoms with Crippen molar-refractivity contribution in [1.82, 2.24) is 4.90 Å². The van der Waals surface area contributed by atoms with Gasteiger partial charge in [-0.3, -0.25) is 4.90 Å². The Morgan fingerprint density at radius 3 is 2.56 bits per heavy atom. The number of para-hydroxylation sites is 1. The second-order valence-electron chi connectivity index (χ2n) is 6.52. The zero-order valence-corrected chi connectivity index (χ0v) is 15.4. The SMILES string of the molecule is Cc1cccc(SC[C@H](O)CN2CCN(c3ccccc3F)CC2)c1. The van der Waals surface area contributed by atoms with E-state index in [4.69, 9.17) is 0 Å². The number of hydrogen-bond donors (Lipinski definition) is 1. The van der Waals surface area contributed by atoms with Crippen molar-refractivity contribution in [3.63, 3.8) is 0 Å². The molecule has 5 heteroatoms. The number of thioether (sulfide) groups is 1. The number of nitrogens with zero attached hydrogens (tertiary/aromatic N) is 2. The number of aliphatic hydroxyl groups is 1. The summed E-state index contributed by atoms with van der Waals surface area (Å²) in [6.07, 6.45) is -0.356. The van der Waals surface area contributed by atoms with Crippen molar-refractivity contribution < 1.29 is 9.50 Å². The topological polar surface area (TPSA) is 26.7 Å². The molecule has 0 amide bonds. The van der Waals surface area contributed by atoms with E-state index in [-0.39, 0.29) is 11.9 Å². The van der Waals surface area contributed by atoms with Crippen LogP contribution in [-0.2, 0) is 0 Å². The third-order valence-electron chi connectivity index (χ3n) is 4.47. The van der Waals surface area contributed by atoms with Crippen LogP contribution < -0.4 is 4.90 Å². The molecule has 1 saturated heterocycles. The van der Waals surface area contributed by atoms with E-state index in [2.05, 4.69) is 34.9 Å². The van der Waals surface area contributed by atoms with Crippen molar-refractivity contribution in [2.45, 2.75) is 17.9 Å². The summed E-state index contributed by atoms with van der Waals surface area (Å²) in [5, 5.41) is 10.3. The minimum Gasteiger partial charge on any atom is -0.391 e. The van der Waals surface area contributed by atoms with E-state index in [1.54, 1.807) is 17.8 Å².